The second kappa shape index (κ2) is 8.80. The molecule has 0 bridgehead atoms. The number of alkyl halides is 3. The van der Waals surface area contributed by atoms with Gasteiger partial charge in [-0.15, -0.1) is 24.5 Å². The van der Waals surface area contributed by atoms with Gasteiger partial charge in [0.25, 0.3) is 5.91 Å². The van der Waals surface area contributed by atoms with Crippen molar-refractivity contribution in [3.8, 4) is 27.7 Å². The zero-order valence-corrected chi connectivity index (χ0v) is 16.8. The first-order valence-electron chi connectivity index (χ1n) is 8.87. The Hall–Kier alpha value is -2.98. The fourth-order valence-corrected chi connectivity index (χ4v) is 3.44. The highest BCUT2D eigenvalue weighted by molar-refractivity contribution is 7.13. The number of aromatic nitrogens is 2. The molecule has 0 saturated carbocycles. The Balaban J connectivity index is 2.02. The number of ether oxygens (including phenoxy) is 1. The molecule has 0 aliphatic heterocycles. The van der Waals surface area contributed by atoms with E-state index in [2.05, 4.69) is 20.0 Å². The van der Waals surface area contributed by atoms with Crippen molar-refractivity contribution in [1.29, 1.82) is 0 Å². The van der Waals surface area contributed by atoms with Crippen LogP contribution in [0.3, 0.4) is 0 Å². The molecule has 3 aromatic rings. The van der Waals surface area contributed by atoms with Crippen LogP contribution in [-0.4, -0.2) is 40.0 Å². The number of aliphatic hydroxyl groups is 1. The number of benzene rings is 1. The molecular weight excluding hydrogens is 419 g/mol. The van der Waals surface area contributed by atoms with Crippen molar-refractivity contribution in [2.24, 2.45) is 0 Å². The predicted molar refractivity (Wildman–Crippen MR) is 106 cm³/mol. The van der Waals surface area contributed by atoms with E-state index in [1.54, 1.807) is 6.92 Å². The number of aryl methyl sites for hydroxylation is 1. The van der Waals surface area contributed by atoms with Gasteiger partial charge in [-0.3, -0.25) is 4.79 Å². The van der Waals surface area contributed by atoms with Crippen molar-refractivity contribution in [2.45, 2.75) is 26.3 Å². The van der Waals surface area contributed by atoms with Crippen molar-refractivity contribution in [1.82, 2.24) is 15.3 Å². The Kier molecular flexibility index (Phi) is 6.37. The fourth-order valence-electron chi connectivity index (χ4n) is 2.59. The maximum absolute atomic E-state index is 12.6. The number of hydrogen-bond donors (Lipinski definition) is 2. The van der Waals surface area contributed by atoms with Gasteiger partial charge in [-0.05, 0) is 61.2 Å². The Bertz CT molecular complexity index is 1040. The Morgan fingerprint density at radius 1 is 1.23 bits per heavy atom. The number of aliphatic hydroxyl groups excluding tert-OH is 1. The molecule has 10 heteroatoms. The first kappa shape index (κ1) is 21.7. The molecule has 1 unspecified atom stereocenters. The number of nitrogens with one attached hydrogen (secondary N) is 1. The average molecular weight is 437 g/mol. The summed E-state index contributed by atoms with van der Waals surface area (Å²) in [4.78, 5) is 22.2. The SMILES string of the molecule is Cc1ccsc1-c1nc(C(=O)NC(C)CO)cc(-c2ccc(OC(F)(F)F)cc2)n1. The molecule has 0 aliphatic carbocycles. The topological polar surface area (TPSA) is 84.3 Å². The molecule has 0 spiro atoms. The van der Waals surface area contributed by atoms with Crippen LogP contribution in [0.15, 0.2) is 41.8 Å². The second-order valence-electron chi connectivity index (χ2n) is 6.52. The number of carbonyl (C=O) groups is 1. The molecule has 0 aliphatic rings. The summed E-state index contributed by atoms with van der Waals surface area (Å²) in [5.74, 6) is -0.519. The summed E-state index contributed by atoms with van der Waals surface area (Å²) in [6.07, 6.45) is -4.78. The van der Waals surface area contributed by atoms with Crippen LogP contribution in [0, 0.1) is 6.92 Å². The van der Waals surface area contributed by atoms with Gasteiger partial charge in [0, 0.05) is 11.6 Å². The molecule has 2 N–H and O–H groups in total. The summed E-state index contributed by atoms with van der Waals surface area (Å²) >= 11 is 1.41. The van der Waals surface area contributed by atoms with E-state index in [4.69, 9.17) is 0 Å². The third-order valence-electron chi connectivity index (χ3n) is 4.06. The monoisotopic (exact) mass is 437 g/mol. The summed E-state index contributed by atoms with van der Waals surface area (Å²) in [6.45, 7) is 3.30. The lowest BCUT2D eigenvalue weighted by atomic mass is 10.1. The van der Waals surface area contributed by atoms with Gasteiger partial charge >= 0.3 is 6.36 Å². The van der Waals surface area contributed by atoms with E-state index in [0.29, 0.717) is 17.1 Å². The van der Waals surface area contributed by atoms with E-state index in [0.717, 1.165) is 10.4 Å². The molecule has 2 aromatic heterocycles. The van der Waals surface area contributed by atoms with E-state index in [1.165, 1.54) is 41.7 Å². The maximum Gasteiger partial charge on any atom is 0.573 e. The third-order valence-corrected chi connectivity index (χ3v) is 5.07. The number of nitrogens with zero attached hydrogens (tertiary/aromatic N) is 2. The molecule has 1 amide bonds. The van der Waals surface area contributed by atoms with E-state index < -0.39 is 18.3 Å². The average Bonchev–Trinajstić information content (AvgIpc) is 3.12. The molecule has 3 rings (SSSR count). The van der Waals surface area contributed by atoms with Crippen molar-refractivity contribution < 1.29 is 27.8 Å². The Labute approximate surface area is 174 Å². The van der Waals surface area contributed by atoms with Crippen molar-refractivity contribution in [2.75, 3.05) is 6.61 Å². The van der Waals surface area contributed by atoms with E-state index in [9.17, 15) is 23.1 Å². The Morgan fingerprint density at radius 3 is 2.50 bits per heavy atom. The summed E-state index contributed by atoms with van der Waals surface area (Å²) in [7, 11) is 0. The van der Waals surface area contributed by atoms with Crippen LogP contribution in [0.5, 0.6) is 5.75 Å². The molecule has 0 fully saturated rings. The number of amides is 1. The lowest BCUT2D eigenvalue weighted by Crippen LogP contribution is -2.35. The van der Waals surface area contributed by atoms with Gasteiger partial charge in [-0.1, -0.05) is 0 Å². The molecule has 0 saturated heterocycles. The highest BCUT2D eigenvalue weighted by atomic mass is 32.1. The van der Waals surface area contributed by atoms with Gasteiger partial charge in [0.1, 0.15) is 11.4 Å². The standard InChI is InChI=1S/C20H18F3N3O3S/c1-11-7-8-30-17(11)18-25-15(9-16(26-18)19(28)24-12(2)10-27)13-3-5-14(6-4-13)29-20(21,22)23/h3-9,12,27H,10H2,1-2H3,(H,24,28). The normalized spacial score (nSPS) is 12.5. The third kappa shape index (κ3) is 5.33. The minimum absolute atomic E-state index is 0.0821. The largest absolute Gasteiger partial charge is 0.573 e. The van der Waals surface area contributed by atoms with Crippen molar-refractivity contribution >= 4 is 17.2 Å². The first-order chi connectivity index (χ1) is 14.2. The van der Waals surface area contributed by atoms with Crippen LogP contribution in [0.25, 0.3) is 22.0 Å². The van der Waals surface area contributed by atoms with E-state index in [-0.39, 0.29) is 18.1 Å². The summed E-state index contributed by atoms with van der Waals surface area (Å²) in [6, 6.07) is 8.07. The smallest absolute Gasteiger partial charge is 0.406 e. The minimum atomic E-state index is -4.78. The van der Waals surface area contributed by atoms with Crippen LogP contribution in [-0.2, 0) is 0 Å². The molecule has 1 aromatic carbocycles. The van der Waals surface area contributed by atoms with Crippen LogP contribution < -0.4 is 10.1 Å². The summed E-state index contributed by atoms with van der Waals surface area (Å²) < 4.78 is 41.0. The number of thiophene rings is 1. The quantitative estimate of drug-likeness (QED) is 0.604. The van der Waals surface area contributed by atoms with E-state index in [1.807, 2.05) is 18.4 Å². The molecule has 30 heavy (non-hydrogen) atoms. The number of hydrogen-bond acceptors (Lipinski definition) is 6. The molecule has 2 heterocycles. The molecule has 0 radical (unpaired) electrons. The highest BCUT2D eigenvalue weighted by Gasteiger charge is 2.31. The summed E-state index contributed by atoms with van der Waals surface area (Å²) in [5.41, 5.74) is 1.87. The zero-order chi connectivity index (χ0) is 21.9. The minimum Gasteiger partial charge on any atom is -0.406 e. The van der Waals surface area contributed by atoms with Crippen molar-refractivity contribution in [3.05, 3.63) is 53.0 Å². The second-order valence-corrected chi connectivity index (χ2v) is 7.44. The molecule has 1 atom stereocenters. The van der Waals surface area contributed by atoms with E-state index >= 15 is 0 Å². The molecule has 158 valence electrons. The fraction of sp³-hybridized carbons (Fsp3) is 0.250. The van der Waals surface area contributed by atoms with Crippen molar-refractivity contribution in [3.63, 3.8) is 0 Å². The van der Waals surface area contributed by atoms with Crippen LogP contribution in [0.4, 0.5) is 13.2 Å². The van der Waals surface area contributed by atoms with Gasteiger partial charge in [0.2, 0.25) is 0 Å². The number of halogens is 3. The molecule has 6 nitrogen and oxygen atoms in total. The van der Waals surface area contributed by atoms with Gasteiger partial charge in [0.05, 0.1) is 17.2 Å². The van der Waals surface area contributed by atoms with Crippen LogP contribution in [0.1, 0.15) is 23.0 Å². The van der Waals surface area contributed by atoms with Gasteiger partial charge < -0.3 is 15.2 Å². The van der Waals surface area contributed by atoms with Crippen LogP contribution in [0.2, 0.25) is 0 Å². The Morgan fingerprint density at radius 2 is 1.93 bits per heavy atom. The zero-order valence-electron chi connectivity index (χ0n) is 16.0. The van der Waals surface area contributed by atoms with Gasteiger partial charge in [-0.2, -0.15) is 0 Å². The lowest BCUT2D eigenvalue weighted by Gasteiger charge is -2.13. The highest BCUT2D eigenvalue weighted by Crippen LogP contribution is 2.30. The van der Waals surface area contributed by atoms with Crippen LogP contribution >= 0.6 is 11.3 Å². The number of rotatable bonds is 6. The number of carbonyl (C=O) groups excluding carboxylic acids is 1. The van der Waals surface area contributed by atoms with Gasteiger partial charge in [0.15, 0.2) is 5.82 Å². The maximum atomic E-state index is 12.6. The van der Waals surface area contributed by atoms with Gasteiger partial charge in [-0.25, -0.2) is 9.97 Å². The summed E-state index contributed by atoms with van der Waals surface area (Å²) in [5, 5.41) is 13.7. The predicted octanol–water partition coefficient (Wildman–Crippen LogP) is 4.19. The molecular formula is C20H18F3N3O3S. The first-order valence-corrected chi connectivity index (χ1v) is 9.75. The lowest BCUT2D eigenvalue weighted by molar-refractivity contribution is -0.274.